The average molecular weight is 304 g/mol. The Morgan fingerprint density at radius 3 is 2.95 bits per heavy atom. The molecule has 3 aromatic rings. The number of anilines is 1. The Balaban J connectivity index is 1.77. The Labute approximate surface area is 126 Å². The molecule has 2 heterocycles. The van der Waals surface area contributed by atoms with Crippen LogP contribution >= 0.6 is 23.1 Å². The Kier molecular flexibility index (Phi) is 3.67. The minimum Gasteiger partial charge on any atom is -0.399 e. The van der Waals surface area contributed by atoms with Gasteiger partial charge in [0.2, 0.25) is 0 Å². The van der Waals surface area contributed by atoms with Gasteiger partial charge in [0.1, 0.15) is 0 Å². The van der Waals surface area contributed by atoms with Crippen molar-refractivity contribution in [2.45, 2.75) is 23.4 Å². The molecule has 0 radical (unpaired) electrons. The quantitative estimate of drug-likeness (QED) is 0.592. The fourth-order valence-corrected chi connectivity index (χ4v) is 4.13. The molecule has 0 unspecified atom stereocenters. The van der Waals surface area contributed by atoms with Crippen LogP contribution in [0.3, 0.4) is 0 Å². The second-order valence-corrected chi connectivity index (χ2v) is 6.85. The van der Waals surface area contributed by atoms with Gasteiger partial charge in [-0.3, -0.25) is 4.68 Å². The third kappa shape index (κ3) is 2.66. The Morgan fingerprint density at radius 2 is 2.20 bits per heavy atom. The summed E-state index contributed by atoms with van der Waals surface area (Å²) in [5, 5.41) is 4.47. The fourth-order valence-electron chi connectivity index (χ4n) is 2.00. The van der Waals surface area contributed by atoms with Crippen LogP contribution < -0.4 is 5.73 Å². The number of aryl methyl sites for hydroxylation is 2. The minimum absolute atomic E-state index is 0.789. The van der Waals surface area contributed by atoms with E-state index >= 15 is 0 Å². The highest BCUT2D eigenvalue weighted by atomic mass is 32.2. The molecule has 0 atom stereocenters. The number of nitrogens with zero attached hydrogens (tertiary/aromatic N) is 3. The second kappa shape index (κ2) is 5.46. The average Bonchev–Trinajstić information content (AvgIpc) is 2.99. The van der Waals surface area contributed by atoms with E-state index in [9.17, 15) is 0 Å². The smallest absolute Gasteiger partial charge is 0.151 e. The van der Waals surface area contributed by atoms with Crippen LogP contribution in [0, 0.1) is 0 Å². The molecule has 0 aliphatic rings. The molecule has 0 spiro atoms. The molecule has 6 heteroatoms. The van der Waals surface area contributed by atoms with E-state index in [2.05, 4.69) is 23.1 Å². The summed E-state index contributed by atoms with van der Waals surface area (Å²) in [6.07, 6.45) is 0.971. The van der Waals surface area contributed by atoms with E-state index in [0.29, 0.717) is 0 Å². The van der Waals surface area contributed by atoms with Gasteiger partial charge in [-0.1, -0.05) is 18.7 Å². The van der Waals surface area contributed by atoms with Crippen molar-refractivity contribution in [3.05, 3.63) is 35.7 Å². The van der Waals surface area contributed by atoms with Gasteiger partial charge in [0, 0.05) is 24.2 Å². The van der Waals surface area contributed by atoms with E-state index in [0.717, 1.165) is 38.1 Å². The predicted octanol–water partition coefficient (Wildman–Crippen LogP) is 3.47. The minimum atomic E-state index is 0.789. The molecule has 0 aliphatic carbocycles. The maximum atomic E-state index is 5.80. The van der Waals surface area contributed by atoms with Gasteiger partial charge >= 0.3 is 0 Å². The summed E-state index contributed by atoms with van der Waals surface area (Å²) >= 11 is 3.44. The van der Waals surface area contributed by atoms with Crippen molar-refractivity contribution >= 4 is 39.0 Å². The number of benzene rings is 1. The zero-order valence-corrected chi connectivity index (χ0v) is 13.1. The second-order valence-electron chi connectivity index (χ2n) is 4.60. The van der Waals surface area contributed by atoms with Crippen LogP contribution in [0.5, 0.6) is 0 Å². The van der Waals surface area contributed by atoms with Crippen LogP contribution in [0.25, 0.3) is 10.2 Å². The number of aromatic nitrogens is 3. The summed E-state index contributed by atoms with van der Waals surface area (Å²) in [5.41, 5.74) is 9.97. The number of thioether (sulfide) groups is 1. The van der Waals surface area contributed by atoms with Gasteiger partial charge in [-0.15, -0.1) is 11.3 Å². The lowest BCUT2D eigenvalue weighted by Crippen LogP contribution is -1.96. The highest BCUT2D eigenvalue weighted by Gasteiger charge is 2.08. The van der Waals surface area contributed by atoms with Crippen molar-refractivity contribution in [1.29, 1.82) is 0 Å². The molecule has 0 amide bonds. The molecule has 3 rings (SSSR count). The SMILES string of the molecule is CCc1cc(CSc2nc3ccc(N)cc3s2)n(C)n1. The third-order valence-corrected chi connectivity index (χ3v) is 5.32. The first-order valence-electron chi connectivity index (χ1n) is 6.46. The standard InChI is InChI=1S/C14H16N4S2/c1-3-10-7-11(18(2)17-10)8-19-14-16-12-5-4-9(15)6-13(12)20-14/h4-7H,3,8,15H2,1-2H3. The first kappa shape index (κ1) is 13.5. The predicted molar refractivity (Wildman–Crippen MR) is 86.2 cm³/mol. The van der Waals surface area contributed by atoms with E-state index in [1.165, 1.54) is 5.69 Å². The molecule has 0 bridgehead atoms. The zero-order chi connectivity index (χ0) is 14.1. The number of thiazole rings is 1. The van der Waals surface area contributed by atoms with Crippen LogP contribution in [0.2, 0.25) is 0 Å². The number of hydrogen-bond donors (Lipinski definition) is 1. The van der Waals surface area contributed by atoms with Gasteiger partial charge in [0.25, 0.3) is 0 Å². The number of nitrogen functional groups attached to an aromatic ring is 1. The molecule has 0 fully saturated rings. The zero-order valence-electron chi connectivity index (χ0n) is 11.5. The van der Waals surface area contributed by atoms with Gasteiger partial charge in [-0.25, -0.2) is 4.98 Å². The van der Waals surface area contributed by atoms with Gasteiger partial charge < -0.3 is 5.73 Å². The van der Waals surface area contributed by atoms with Crippen LogP contribution in [-0.2, 0) is 19.2 Å². The Hall–Kier alpha value is -1.53. The lowest BCUT2D eigenvalue weighted by atomic mass is 10.3. The Morgan fingerprint density at radius 1 is 1.35 bits per heavy atom. The maximum Gasteiger partial charge on any atom is 0.151 e. The van der Waals surface area contributed by atoms with E-state index < -0.39 is 0 Å². The number of hydrogen-bond acceptors (Lipinski definition) is 5. The summed E-state index contributed by atoms with van der Waals surface area (Å²) in [4.78, 5) is 4.62. The van der Waals surface area contributed by atoms with E-state index in [1.807, 2.05) is 29.9 Å². The molecule has 20 heavy (non-hydrogen) atoms. The molecular formula is C14H16N4S2. The van der Waals surface area contributed by atoms with Gasteiger partial charge in [-0.2, -0.15) is 5.10 Å². The summed E-state index contributed by atoms with van der Waals surface area (Å²) in [7, 11) is 1.99. The Bertz CT molecular complexity index is 745. The lowest BCUT2D eigenvalue weighted by molar-refractivity contribution is 0.720. The van der Waals surface area contributed by atoms with Crippen molar-refractivity contribution in [3.8, 4) is 0 Å². The molecular weight excluding hydrogens is 288 g/mol. The molecule has 1 aromatic carbocycles. The fraction of sp³-hybridized carbons (Fsp3) is 0.286. The van der Waals surface area contributed by atoms with Crippen molar-refractivity contribution in [1.82, 2.24) is 14.8 Å². The van der Waals surface area contributed by atoms with Gasteiger partial charge in [-0.05, 0) is 30.7 Å². The highest BCUT2D eigenvalue weighted by molar-refractivity contribution is 8.00. The number of nitrogens with two attached hydrogens (primary N) is 1. The van der Waals surface area contributed by atoms with E-state index in [1.54, 1.807) is 23.1 Å². The molecule has 0 saturated carbocycles. The lowest BCUT2D eigenvalue weighted by Gasteiger charge is -1.98. The highest BCUT2D eigenvalue weighted by Crippen LogP contribution is 2.32. The largest absolute Gasteiger partial charge is 0.399 e. The van der Waals surface area contributed by atoms with E-state index in [4.69, 9.17) is 5.73 Å². The van der Waals surface area contributed by atoms with Crippen LogP contribution in [0.4, 0.5) is 5.69 Å². The molecule has 2 N–H and O–H groups in total. The maximum absolute atomic E-state index is 5.80. The summed E-state index contributed by atoms with van der Waals surface area (Å²) in [5.74, 6) is 0.888. The summed E-state index contributed by atoms with van der Waals surface area (Å²) < 4.78 is 4.17. The van der Waals surface area contributed by atoms with Crippen LogP contribution in [-0.4, -0.2) is 14.8 Å². The van der Waals surface area contributed by atoms with Crippen molar-refractivity contribution in [2.75, 3.05) is 5.73 Å². The third-order valence-electron chi connectivity index (χ3n) is 3.13. The summed E-state index contributed by atoms with van der Waals surface area (Å²) in [6, 6.07) is 8.02. The normalized spacial score (nSPS) is 11.3. The molecule has 4 nitrogen and oxygen atoms in total. The van der Waals surface area contributed by atoms with Gasteiger partial charge in [0.15, 0.2) is 4.34 Å². The summed E-state index contributed by atoms with van der Waals surface area (Å²) in [6.45, 7) is 2.12. The molecule has 0 saturated heterocycles. The first-order valence-corrected chi connectivity index (χ1v) is 8.26. The number of rotatable bonds is 4. The number of fused-ring (bicyclic) bond motifs is 1. The monoisotopic (exact) mass is 304 g/mol. The van der Waals surface area contributed by atoms with Crippen molar-refractivity contribution in [3.63, 3.8) is 0 Å². The first-order chi connectivity index (χ1) is 9.65. The molecule has 104 valence electrons. The van der Waals surface area contributed by atoms with Crippen LogP contribution in [0.15, 0.2) is 28.6 Å². The topological polar surface area (TPSA) is 56.7 Å². The van der Waals surface area contributed by atoms with Gasteiger partial charge in [0.05, 0.1) is 15.9 Å². The van der Waals surface area contributed by atoms with Crippen molar-refractivity contribution in [2.24, 2.45) is 7.05 Å². The van der Waals surface area contributed by atoms with Crippen LogP contribution in [0.1, 0.15) is 18.3 Å². The molecule has 2 aromatic heterocycles. The molecule has 0 aliphatic heterocycles. The van der Waals surface area contributed by atoms with Crippen molar-refractivity contribution < 1.29 is 0 Å². The van der Waals surface area contributed by atoms with E-state index in [-0.39, 0.29) is 0 Å².